The zero-order valence-corrected chi connectivity index (χ0v) is 12.5. The number of thioether (sulfide) groups is 1. The van der Waals surface area contributed by atoms with Crippen molar-refractivity contribution in [3.8, 4) is 0 Å². The molecule has 2 heterocycles. The highest BCUT2D eigenvalue weighted by molar-refractivity contribution is 8.26. The summed E-state index contributed by atoms with van der Waals surface area (Å²) in [4.78, 5) is 14.9. The van der Waals surface area contributed by atoms with E-state index in [1.165, 1.54) is 11.8 Å². The van der Waals surface area contributed by atoms with E-state index in [2.05, 4.69) is 17.9 Å². The van der Waals surface area contributed by atoms with Gasteiger partial charge in [0, 0.05) is 12.2 Å². The average Bonchev–Trinajstić information content (AvgIpc) is 2.73. The Morgan fingerprint density at radius 1 is 1.30 bits per heavy atom. The van der Waals surface area contributed by atoms with Crippen molar-refractivity contribution in [2.75, 3.05) is 11.4 Å². The number of amides is 1. The van der Waals surface area contributed by atoms with E-state index < -0.39 is 0 Å². The molecular weight excluding hydrogens is 290 g/mol. The number of nitrogens with two attached hydrogens (primary N) is 1. The quantitative estimate of drug-likeness (QED) is 0.374. The maximum absolute atomic E-state index is 12.2. The van der Waals surface area contributed by atoms with Crippen LogP contribution < -0.4 is 10.7 Å². The van der Waals surface area contributed by atoms with Crippen molar-refractivity contribution in [2.24, 2.45) is 5.84 Å². The zero-order valence-electron chi connectivity index (χ0n) is 10.9. The molecule has 2 N–H and O–H groups in total. The summed E-state index contributed by atoms with van der Waals surface area (Å²) in [6.45, 7) is 2.82. The monoisotopic (exact) mass is 303 g/mol. The summed E-state index contributed by atoms with van der Waals surface area (Å²) in [5.41, 5.74) is 3.09. The van der Waals surface area contributed by atoms with Gasteiger partial charge < -0.3 is 4.90 Å². The third kappa shape index (κ3) is 1.96. The van der Waals surface area contributed by atoms with Crippen LogP contribution in [0.15, 0.2) is 40.9 Å². The number of allylic oxidation sites excluding steroid dienone is 1. The van der Waals surface area contributed by atoms with Crippen molar-refractivity contribution in [3.05, 3.63) is 46.5 Å². The van der Waals surface area contributed by atoms with Crippen LogP contribution in [0.4, 0.5) is 5.69 Å². The molecule has 20 heavy (non-hydrogen) atoms. The van der Waals surface area contributed by atoms with Gasteiger partial charge in [0.05, 0.1) is 5.70 Å². The number of thiocarbonyl (C=S) groups is 1. The van der Waals surface area contributed by atoms with Gasteiger partial charge in [-0.15, -0.1) is 0 Å². The Morgan fingerprint density at radius 2 is 2.05 bits per heavy atom. The van der Waals surface area contributed by atoms with Gasteiger partial charge in [-0.1, -0.05) is 48.3 Å². The number of nitrogens with zero attached hydrogens (tertiary/aromatic N) is 2. The van der Waals surface area contributed by atoms with Gasteiger partial charge in [0.2, 0.25) is 0 Å². The molecule has 2 aliphatic rings. The average molecular weight is 303 g/mol. The molecule has 0 atom stereocenters. The molecule has 1 aromatic rings. The van der Waals surface area contributed by atoms with Crippen molar-refractivity contribution in [2.45, 2.75) is 6.92 Å². The Balaban J connectivity index is 2.13. The van der Waals surface area contributed by atoms with Gasteiger partial charge >= 0.3 is 0 Å². The van der Waals surface area contributed by atoms with Crippen molar-refractivity contribution in [3.63, 3.8) is 0 Å². The molecule has 1 saturated heterocycles. The van der Waals surface area contributed by atoms with Crippen molar-refractivity contribution in [1.82, 2.24) is 5.01 Å². The first-order valence-corrected chi connectivity index (χ1v) is 7.46. The lowest BCUT2D eigenvalue weighted by atomic mass is 10.1. The molecule has 1 amide bonds. The fourth-order valence-corrected chi connectivity index (χ4v) is 3.49. The van der Waals surface area contributed by atoms with Crippen molar-refractivity contribution >= 4 is 46.0 Å². The van der Waals surface area contributed by atoms with Crippen LogP contribution in [0.3, 0.4) is 0 Å². The number of fused-ring (bicyclic) bond motifs is 1. The van der Waals surface area contributed by atoms with E-state index in [1.807, 2.05) is 30.4 Å². The normalized spacial score (nSPS) is 21.7. The van der Waals surface area contributed by atoms with Gasteiger partial charge in [-0.05, 0) is 24.6 Å². The number of anilines is 1. The highest BCUT2D eigenvalue weighted by atomic mass is 32.2. The molecule has 0 radical (unpaired) electrons. The molecule has 102 valence electrons. The predicted molar refractivity (Wildman–Crippen MR) is 86.7 cm³/mol. The summed E-state index contributed by atoms with van der Waals surface area (Å²) in [5.74, 6) is 5.41. The molecule has 3 rings (SSSR count). The minimum absolute atomic E-state index is 0.238. The second-order valence-corrected chi connectivity index (χ2v) is 6.04. The van der Waals surface area contributed by atoms with E-state index >= 15 is 0 Å². The number of carbonyl (C=O) groups is 1. The lowest BCUT2D eigenvalue weighted by Crippen LogP contribution is -2.35. The van der Waals surface area contributed by atoms with Crippen LogP contribution in [0.1, 0.15) is 12.5 Å². The molecule has 0 aromatic heterocycles. The van der Waals surface area contributed by atoms with Gasteiger partial charge in [-0.25, -0.2) is 10.9 Å². The fourth-order valence-electron chi connectivity index (χ4n) is 2.34. The van der Waals surface area contributed by atoms with Crippen LogP contribution in [0.2, 0.25) is 0 Å². The van der Waals surface area contributed by atoms with Gasteiger partial charge in [0.25, 0.3) is 5.91 Å². The number of hydrogen-bond donors (Lipinski definition) is 1. The highest BCUT2D eigenvalue weighted by Gasteiger charge is 2.34. The molecule has 4 nitrogen and oxygen atoms in total. The molecule has 6 heteroatoms. The van der Waals surface area contributed by atoms with Crippen LogP contribution in [-0.4, -0.2) is 21.8 Å². The molecule has 0 saturated carbocycles. The number of likely N-dealkylation sites (N-methyl/N-ethyl adjacent to an activating group) is 1. The topological polar surface area (TPSA) is 49.6 Å². The summed E-state index contributed by atoms with van der Waals surface area (Å²) in [7, 11) is 0. The highest BCUT2D eigenvalue weighted by Crippen LogP contribution is 2.38. The molecular formula is C14H13N3OS2. The Labute approximate surface area is 126 Å². The third-order valence-electron chi connectivity index (χ3n) is 3.29. The van der Waals surface area contributed by atoms with Crippen LogP contribution in [0.5, 0.6) is 0 Å². The number of benzene rings is 1. The molecule has 1 aromatic carbocycles. The first kappa shape index (κ1) is 13.4. The SMILES string of the molecule is CCN1C(=C2SC(=S)N(N)C2=O)C=Cc2ccccc21. The van der Waals surface area contributed by atoms with Crippen molar-refractivity contribution in [1.29, 1.82) is 0 Å². The first-order chi connectivity index (χ1) is 9.63. The number of rotatable bonds is 1. The predicted octanol–water partition coefficient (Wildman–Crippen LogP) is 2.49. The summed E-state index contributed by atoms with van der Waals surface area (Å²) in [6.07, 6.45) is 3.97. The number of hydrogen-bond acceptors (Lipinski definition) is 5. The molecule has 0 unspecified atom stereocenters. The van der Waals surface area contributed by atoms with Crippen LogP contribution in [0, 0.1) is 0 Å². The van der Waals surface area contributed by atoms with E-state index in [-0.39, 0.29) is 5.91 Å². The Hall–Kier alpha value is -1.63. The van der Waals surface area contributed by atoms with Crippen LogP contribution >= 0.6 is 24.0 Å². The largest absolute Gasteiger partial charge is 0.340 e. The maximum Gasteiger partial charge on any atom is 0.282 e. The Kier molecular flexibility index (Phi) is 3.37. The van der Waals surface area contributed by atoms with E-state index in [0.29, 0.717) is 9.23 Å². The standard InChI is InChI=1S/C14H13N3OS2/c1-2-16-10-6-4-3-5-9(10)7-8-11(16)12-13(18)17(15)14(19)20-12/h3-8H,2,15H2,1H3. The number of hydrazine groups is 1. The fraction of sp³-hybridized carbons (Fsp3) is 0.143. The molecule has 0 bridgehead atoms. The number of para-hydroxylation sites is 1. The van der Waals surface area contributed by atoms with Crippen molar-refractivity contribution < 1.29 is 4.79 Å². The van der Waals surface area contributed by atoms with E-state index in [4.69, 9.17) is 18.1 Å². The number of carbonyl (C=O) groups excluding carboxylic acids is 1. The second-order valence-electron chi connectivity index (χ2n) is 4.39. The maximum atomic E-state index is 12.2. The zero-order chi connectivity index (χ0) is 14.3. The van der Waals surface area contributed by atoms with Gasteiger partial charge in [0.1, 0.15) is 4.91 Å². The summed E-state index contributed by atoms with van der Waals surface area (Å²) < 4.78 is 0.390. The molecule has 1 fully saturated rings. The van der Waals surface area contributed by atoms with Crippen LogP contribution in [0.25, 0.3) is 6.08 Å². The van der Waals surface area contributed by atoms with E-state index in [0.717, 1.165) is 28.5 Å². The van der Waals surface area contributed by atoms with Gasteiger partial charge in [0.15, 0.2) is 4.32 Å². The van der Waals surface area contributed by atoms with E-state index in [1.54, 1.807) is 0 Å². The van der Waals surface area contributed by atoms with Crippen LogP contribution in [-0.2, 0) is 4.79 Å². The summed E-state index contributed by atoms with van der Waals surface area (Å²) >= 11 is 6.34. The summed E-state index contributed by atoms with van der Waals surface area (Å²) in [6, 6.07) is 8.10. The van der Waals surface area contributed by atoms with Gasteiger partial charge in [-0.3, -0.25) is 4.79 Å². The second kappa shape index (κ2) is 5.05. The lowest BCUT2D eigenvalue weighted by molar-refractivity contribution is -0.122. The lowest BCUT2D eigenvalue weighted by Gasteiger charge is -2.30. The minimum atomic E-state index is -0.238. The summed E-state index contributed by atoms with van der Waals surface area (Å²) in [5, 5.41) is 1.03. The Morgan fingerprint density at radius 3 is 2.70 bits per heavy atom. The first-order valence-electron chi connectivity index (χ1n) is 6.23. The smallest absolute Gasteiger partial charge is 0.282 e. The molecule has 2 aliphatic heterocycles. The van der Waals surface area contributed by atoms with E-state index in [9.17, 15) is 4.79 Å². The minimum Gasteiger partial charge on any atom is -0.340 e. The Bertz CT molecular complexity index is 666. The molecule has 0 aliphatic carbocycles. The molecule has 0 spiro atoms. The third-order valence-corrected chi connectivity index (χ3v) is 4.69. The van der Waals surface area contributed by atoms with Gasteiger partial charge in [-0.2, -0.15) is 0 Å².